The quantitative estimate of drug-likeness (QED) is 0.0663. The second-order valence-electron chi connectivity index (χ2n) is 13.9. The van der Waals surface area contributed by atoms with E-state index in [0.29, 0.717) is 6.42 Å². The minimum Gasteiger partial charge on any atom is -0.465 e. The van der Waals surface area contributed by atoms with Crippen molar-refractivity contribution in [2.75, 3.05) is 19.8 Å². The fraction of sp³-hybridized carbons (Fsp3) is 0.846. The van der Waals surface area contributed by atoms with Gasteiger partial charge >= 0.3 is 11.9 Å². The third-order valence-electron chi connectivity index (χ3n) is 10.2. The molecule has 2 fully saturated rings. The maximum atomic E-state index is 12.7. The highest BCUT2D eigenvalue weighted by atomic mass is 16.5. The number of ether oxygens (including phenoxy) is 2. The number of aliphatic hydroxyl groups is 1. The molecule has 0 aromatic heterocycles. The predicted octanol–water partition coefficient (Wildman–Crippen LogP) is 10.3. The molecule has 254 valence electrons. The predicted molar refractivity (Wildman–Crippen MR) is 182 cm³/mol. The lowest BCUT2D eigenvalue weighted by molar-refractivity contribution is -0.154. The van der Waals surface area contributed by atoms with Crippen LogP contribution in [0.2, 0.25) is 0 Å². The highest BCUT2D eigenvalue weighted by Crippen LogP contribution is 2.42. The van der Waals surface area contributed by atoms with Crippen LogP contribution in [0.5, 0.6) is 0 Å². The summed E-state index contributed by atoms with van der Waals surface area (Å²) in [5, 5.41) is 9.73. The van der Waals surface area contributed by atoms with Crippen LogP contribution in [-0.2, 0) is 19.1 Å². The van der Waals surface area contributed by atoms with Gasteiger partial charge in [-0.1, -0.05) is 102 Å². The SMILES string of the molecule is CCCCC/C=C\C/C=C\CCCCCCCC(=O)OCC(CO)COC(=O)[C@H]1CC[C@H]([C@H]2CC[C@H](CCCC)CC2)CC1. The molecule has 0 heterocycles. The molecule has 0 amide bonds. The van der Waals surface area contributed by atoms with Gasteiger partial charge in [-0.15, -0.1) is 0 Å². The van der Waals surface area contributed by atoms with Crippen LogP contribution in [0.3, 0.4) is 0 Å². The van der Waals surface area contributed by atoms with Gasteiger partial charge in [0.1, 0.15) is 0 Å². The molecule has 44 heavy (non-hydrogen) atoms. The largest absolute Gasteiger partial charge is 0.465 e. The summed E-state index contributed by atoms with van der Waals surface area (Å²) in [7, 11) is 0. The summed E-state index contributed by atoms with van der Waals surface area (Å²) in [6.07, 6.45) is 35.9. The molecule has 1 unspecified atom stereocenters. The van der Waals surface area contributed by atoms with E-state index in [1.807, 2.05) is 0 Å². The number of allylic oxidation sites excluding steroid dienone is 4. The second kappa shape index (κ2) is 25.6. The number of unbranched alkanes of at least 4 members (excludes halogenated alkanes) is 9. The topological polar surface area (TPSA) is 72.8 Å². The van der Waals surface area contributed by atoms with E-state index in [1.165, 1.54) is 83.5 Å². The minimum absolute atomic E-state index is 0.0210. The van der Waals surface area contributed by atoms with Crippen molar-refractivity contribution in [1.29, 1.82) is 0 Å². The molecule has 1 atom stereocenters. The van der Waals surface area contributed by atoms with Gasteiger partial charge in [-0.2, -0.15) is 0 Å². The molecule has 0 bridgehead atoms. The molecule has 0 spiro atoms. The van der Waals surface area contributed by atoms with E-state index in [-0.39, 0.29) is 43.6 Å². The highest BCUT2D eigenvalue weighted by molar-refractivity contribution is 5.72. The zero-order chi connectivity index (χ0) is 31.7. The fourth-order valence-electron chi connectivity index (χ4n) is 7.10. The molecule has 2 rings (SSSR count). The molecule has 1 N–H and O–H groups in total. The monoisotopic (exact) mass is 617 g/mol. The van der Waals surface area contributed by atoms with Gasteiger partial charge in [0.15, 0.2) is 0 Å². The molecule has 0 aromatic carbocycles. The Balaban J connectivity index is 1.45. The van der Waals surface area contributed by atoms with Crippen molar-refractivity contribution in [1.82, 2.24) is 0 Å². The minimum atomic E-state index is -0.355. The Hall–Kier alpha value is -1.62. The van der Waals surface area contributed by atoms with Crippen LogP contribution in [0.15, 0.2) is 24.3 Å². The second-order valence-corrected chi connectivity index (χ2v) is 13.9. The lowest BCUT2D eigenvalue weighted by Gasteiger charge is -2.37. The number of carbonyl (C=O) groups excluding carboxylic acids is 2. The van der Waals surface area contributed by atoms with E-state index < -0.39 is 0 Å². The fourth-order valence-corrected chi connectivity index (χ4v) is 7.10. The molecule has 2 aliphatic carbocycles. The maximum Gasteiger partial charge on any atom is 0.308 e. The van der Waals surface area contributed by atoms with Crippen LogP contribution < -0.4 is 0 Å². The Labute approximate surface area is 271 Å². The molecule has 2 aliphatic rings. The first-order valence-electron chi connectivity index (χ1n) is 18.8. The molecule has 0 aliphatic heterocycles. The van der Waals surface area contributed by atoms with Gasteiger partial charge in [0.05, 0.1) is 31.7 Å². The maximum absolute atomic E-state index is 12.7. The number of esters is 2. The van der Waals surface area contributed by atoms with Crippen molar-refractivity contribution in [3.63, 3.8) is 0 Å². The summed E-state index contributed by atoms with van der Waals surface area (Å²) in [4.78, 5) is 24.9. The zero-order valence-electron chi connectivity index (χ0n) is 28.7. The summed E-state index contributed by atoms with van der Waals surface area (Å²) in [5.74, 6) is 1.83. The third kappa shape index (κ3) is 17.8. The molecule has 0 saturated heterocycles. The summed E-state index contributed by atoms with van der Waals surface area (Å²) < 4.78 is 11.0. The summed E-state index contributed by atoms with van der Waals surface area (Å²) in [5.41, 5.74) is 0. The van der Waals surface area contributed by atoms with E-state index in [0.717, 1.165) is 75.5 Å². The van der Waals surface area contributed by atoms with Gasteiger partial charge in [-0.3, -0.25) is 9.59 Å². The molecule has 2 saturated carbocycles. The number of aliphatic hydroxyl groups excluding tert-OH is 1. The normalized spacial score (nSPS) is 23.2. The van der Waals surface area contributed by atoms with E-state index in [1.54, 1.807) is 0 Å². The zero-order valence-corrected chi connectivity index (χ0v) is 28.7. The Morgan fingerprint density at radius 1 is 0.682 bits per heavy atom. The molecule has 0 radical (unpaired) electrons. The lowest BCUT2D eigenvalue weighted by atomic mass is 9.68. The first kappa shape index (κ1) is 38.6. The molecular formula is C39H68O5. The Morgan fingerprint density at radius 2 is 1.25 bits per heavy atom. The van der Waals surface area contributed by atoms with Crippen LogP contribution in [0.4, 0.5) is 0 Å². The van der Waals surface area contributed by atoms with Gasteiger partial charge in [-0.25, -0.2) is 0 Å². The van der Waals surface area contributed by atoms with Gasteiger partial charge in [0.2, 0.25) is 0 Å². The van der Waals surface area contributed by atoms with Crippen LogP contribution in [0.1, 0.15) is 162 Å². The number of rotatable bonds is 24. The van der Waals surface area contributed by atoms with Crippen molar-refractivity contribution in [3.05, 3.63) is 24.3 Å². The first-order valence-corrected chi connectivity index (χ1v) is 18.8. The van der Waals surface area contributed by atoms with E-state index >= 15 is 0 Å². The molecular weight excluding hydrogens is 548 g/mol. The van der Waals surface area contributed by atoms with Gasteiger partial charge in [-0.05, 0) is 94.8 Å². The van der Waals surface area contributed by atoms with Crippen molar-refractivity contribution in [3.8, 4) is 0 Å². The van der Waals surface area contributed by atoms with Gasteiger partial charge < -0.3 is 14.6 Å². The van der Waals surface area contributed by atoms with Crippen molar-refractivity contribution in [2.45, 2.75) is 162 Å². The van der Waals surface area contributed by atoms with E-state index in [4.69, 9.17) is 9.47 Å². The Bertz CT molecular complexity index is 773. The summed E-state index contributed by atoms with van der Waals surface area (Å²) in [6, 6.07) is 0. The van der Waals surface area contributed by atoms with Crippen LogP contribution in [0.25, 0.3) is 0 Å². The number of carbonyl (C=O) groups is 2. The standard InChI is InChI=1S/C39H68O5/c1-3-5-7-8-9-10-11-12-13-14-15-16-17-18-19-21-38(41)43-31-34(30-40)32-44-39(42)37-28-26-36(27-29-37)35-24-22-33(23-25-35)20-6-4-2/h9-10,12-13,33-37,40H,3-8,11,14-32H2,1-2H3/b10-9-,13-12-/t33-,34?,35-,36-,37-. The highest BCUT2D eigenvalue weighted by Gasteiger charge is 2.33. The first-order chi connectivity index (χ1) is 21.6. The molecule has 0 aromatic rings. The third-order valence-corrected chi connectivity index (χ3v) is 10.2. The van der Waals surface area contributed by atoms with E-state index in [9.17, 15) is 14.7 Å². The average Bonchev–Trinajstić information content (AvgIpc) is 3.05. The van der Waals surface area contributed by atoms with Gasteiger partial charge in [0, 0.05) is 6.42 Å². The Kier molecular flexibility index (Phi) is 22.4. The summed E-state index contributed by atoms with van der Waals surface area (Å²) >= 11 is 0. The van der Waals surface area contributed by atoms with Crippen molar-refractivity contribution >= 4 is 11.9 Å². The summed E-state index contributed by atoms with van der Waals surface area (Å²) in [6.45, 7) is 4.60. The molecule has 5 nitrogen and oxygen atoms in total. The lowest BCUT2D eigenvalue weighted by Crippen LogP contribution is -2.31. The Morgan fingerprint density at radius 3 is 1.89 bits per heavy atom. The number of hydrogen-bond acceptors (Lipinski definition) is 5. The van der Waals surface area contributed by atoms with Crippen LogP contribution >= 0.6 is 0 Å². The van der Waals surface area contributed by atoms with Crippen LogP contribution in [-0.4, -0.2) is 36.9 Å². The van der Waals surface area contributed by atoms with E-state index in [2.05, 4.69) is 38.2 Å². The van der Waals surface area contributed by atoms with Crippen LogP contribution in [0, 0.1) is 29.6 Å². The number of hydrogen-bond donors (Lipinski definition) is 1. The molecule has 5 heteroatoms. The smallest absolute Gasteiger partial charge is 0.308 e. The van der Waals surface area contributed by atoms with Crippen molar-refractivity contribution < 1.29 is 24.2 Å². The van der Waals surface area contributed by atoms with Gasteiger partial charge in [0.25, 0.3) is 0 Å². The van der Waals surface area contributed by atoms with Crippen molar-refractivity contribution in [2.24, 2.45) is 29.6 Å². The average molecular weight is 617 g/mol.